The molecule has 178 valence electrons. The van der Waals surface area contributed by atoms with Crippen molar-refractivity contribution in [2.45, 2.75) is 46.1 Å². The van der Waals surface area contributed by atoms with Gasteiger partial charge in [-0.05, 0) is 64.3 Å². The fourth-order valence-electron chi connectivity index (χ4n) is 3.58. The summed E-state index contributed by atoms with van der Waals surface area (Å²) in [6.45, 7) is 7.40. The summed E-state index contributed by atoms with van der Waals surface area (Å²) in [7, 11) is 1.51. The zero-order valence-corrected chi connectivity index (χ0v) is 19.7. The van der Waals surface area contributed by atoms with Crippen LogP contribution >= 0.6 is 0 Å². The number of benzene rings is 1. The van der Waals surface area contributed by atoms with Crippen LogP contribution in [0.15, 0.2) is 28.9 Å². The SMILES string of the molecule is CCOC(=O)c1onc2c1CCc1cnc(Nc3ccc(C(=O)OC(C)(C)C)cc3OC)nc1-2. The molecule has 1 aromatic carbocycles. The zero-order valence-electron chi connectivity index (χ0n) is 19.7. The summed E-state index contributed by atoms with van der Waals surface area (Å²) < 4.78 is 21.2. The molecule has 3 aromatic rings. The first kappa shape index (κ1) is 23.2. The minimum Gasteiger partial charge on any atom is -0.495 e. The molecule has 0 spiro atoms. The third kappa shape index (κ3) is 4.70. The van der Waals surface area contributed by atoms with Crippen molar-refractivity contribution < 1.29 is 28.3 Å². The third-order valence-corrected chi connectivity index (χ3v) is 5.06. The number of esters is 2. The molecule has 0 saturated carbocycles. The van der Waals surface area contributed by atoms with Gasteiger partial charge in [0.1, 0.15) is 22.7 Å². The van der Waals surface area contributed by atoms with Gasteiger partial charge in [-0.15, -0.1) is 0 Å². The van der Waals surface area contributed by atoms with Crippen molar-refractivity contribution in [1.82, 2.24) is 15.1 Å². The molecule has 0 amide bonds. The van der Waals surface area contributed by atoms with Crippen molar-refractivity contribution in [3.8, 4) is 17.1 Å². The van der Waals surface area contributed by atoms with E-state index in [1.807, 2.05) is 20.8 Å². The molecule has 0 aliphatic heterocycles. The maximum Gasteiger partial charge on any atom is 0.377 e. The Labute approximate surface area is 196 Å². The molecule has 1 N–H and O–H groups in total. The molecule has 0 radical (unpaired) electrons. The molecule has 2 aromatic heterocycles. The maximum absolute atomic E-state index is 12.4. The highest BCUT2D eigenvalue weighted by atomic mass is 16.6. The lowest BCUT2D eigenvalue weighted by atomic mass is 9.94. The third-order valence-electron chi connectivity index (χ3n) is 5.06. The zero-order chi connectivity index (χ0) is 24.5. The van der Waals surface area contributed by atoms with Crippen molar-refractivity contribution in [1.29, 1.82) is 0 Å². The summed E-state index contributed by atoms with van der Waals surface area (Å²) in [6, 6.07) is 4.93. The number of ether oxygens (including phenoxy) is 3. The lowest BCUT2D eigenvalue weighted by Gasteiger charge is -2.20. The van der Waals surface area contributed by atoms with Gasteiger partial charge in [0.05, 0.1) is 25.0 Å². The molecular weight excluding hydrogens is 440 g/mol. The number of rotatable bonds is 6. The molecule has 1 aliphatic rings. The first-order valence-electron chi connectivity index (χ1n) is 10.9. The second kappa shape index (κ2) is 9.12. The van der Waals surface area contributed by atoms with E-state index in [0.717, 1.165) is 5.56 Å². The van der Waals surface area contributed by atoms with Crippen LogP contribution in [0.4, 0.5) is 11.6 Å². The highest BCUT2D eigenvalue weighted by Crippen LogP contribution is 2.35. The number of anilines is 2. The average Bonchev–Trinajstić information content (AvgIpc) is 3.23. The standard InChI is InChI=1S/C24H26N4O6/c1-6-32-22(30)20-15-9-7-14-12-25-23(27-18(14)19(15)28-34-20)26-16-10-8-13(11-17(16)31-5)21(29)33-24(2,3)4/h8,10-12H,6-7,9H2,1-5H3,(H,25,26,27). The molecule has 2 heterocycles. The van der Waals surface area contributed by atoms with Gasteiger partial charge in [-0.1, -0.05) is 5.16 Å². The second-order valence-electron chi connectivity index (χ2n) is 8.67. The monoisotopic (exact) mass is 466 g/mol. The molecule has 0 atom stereocenters. The maximum atomic E-state index is 12.4. The van der Waals surface area contributed by atoms with Gasteiger partial charge >= 0.3 is 11.9 Å². The minimum absolute atomic E-state index is 0.107. The van der Waals surface area contributed by atoms with Crippen LogP contribution in [0.1, 0.15) is 59.7 Å². The summed E-state index contributed by atoms with van der Waals surface area (Å²) in [6.07, 6.45) is 2.94. The van der Waals surface area contributed by atoms with Gasteiger partial charge in [-0.2, -0.15) is 0 Å². The lowest BCUT2D eigenvalue weighted by Crippen LogP contribution is -2.23. The Morgan fingerprint density at radius 3 is 2.65 bits per heavy atom. The van der Waals surface area contributed by atoms with Gasteiger partial charge in [0.2, 0.25) is 11.7 Å². The quantitative estimate of drug-likeness (QED) is 0.530. The molecule has 10 nitrogen and oxygen atoms in total. The van der Waals surface area contributed by atoms with E-state index in [1.165, 1.54) is 7.11 Å². The van der Waals surface area contributed by atoms with Gasteiger partial charge in [0.15, 0.2) is 0 Å². The Morgan fingerprint density at radius 1 is 1.15 bits per heavy atom. The van der Waals surface area contributed by atoms with E-state index >= 15 is 0 Å². The minimum atomic E-state index is -0.606. The van der Waals surface area contributed by atoms with Gasteiger partial charge in [0.25, 0.3) is 0 Å². The van der Waals surface area contributed by atoms with Gasteiger partial charge < -0.3 is 24.1 Å². The van der Waals surface area contributed by atoms with Crippen molar-refractivity contribution in [2.75, 3.05) is 19.0 Å². The number of nitrogens with zero attached hydrogens (tertiary/aromatic N) is 3. The Bertz CT molecular complexity index is 1240. The molecule has 0 unspecified atom stereocenters. The van der Waals surface area contributed by atoms with E-state index in [2.05, 4.69) is 20.4 Å². The van der Waals surface area contributed by atoms with Crippen LogP contribution in [0.2, 0.25) is 0 Å². The van der Waals surface area contributed by atoms with Crippen LogP contribution in [0.3, 0.4) is 0 Å². The largest absolute Gasteiger partial charge is 0.495 e. The van der Waals surface area contributed by atoms with Gasteiger partial charge in [-0.25, -0.2) is 19.6 Å². The summed E-state index contributed by atoms with van der Waals surface area (Å²) in [5.41, 5.74) is 2.99. The number of carbonyl (C=O) groups excluding carboxylic acids is 2. The van der Waals surface area contributed by atoms with Gasteiger partial charge in [-0.3, -0.25) is 0 Å². The normalized spacial score (nSPS) is 12.4. The Balaban J connectivity index is 1.61. The van der Waals surface area contributed by atoms with Crippen molar-refractivity contribution >= 4 is 23.6 Å². The van der Waals surface area contributed by atoms with Crippen LogP contribution < -0.4 is 10.1 Å². The molecule has 4 rings (SSSR count). The molecule has 1 aliphatic carbocycles. The van der Waals surface area contributed by atoms with Crippen LogP contribution in [0, 0.1) is 0 Å². The average molecular weight is 466 g/mol. The number of nitrogens with one attached hydrogen (secondary N) is 1. The van der Waals surface area contributed by atoms with Crippen LogP contribution in [-0.2, 0) is 22.3 Å². The number of methoxy groups -OCH3 is 1. The molecule has 0 bridgehead atoms. The smallest absolute Gasteiger partial charge is 0.377 e. The van der Waals surface area contributed by atoms with E-state index in [9.17, 15) is 9.59 Å². The fraction of sp³-hybridized carbons (Fsp3) is 0.375. The van der Waals surface area contributed by atoms with Crippen LogP contribution in [0.25, 0.3) is 11.4 Å². The van der Waals surface area contributed by atoms with Gasteiger partial charge in [0, 0.05) is 11.8 Å². The van der Waals surface area contributed by atoms with Crippen molar-refractivity contribution in [3.63, 3.8) is 0 Å². The summed E-state index contributed by atoms with van der Waals surface area (Å²) >= 11 is 0. The van der Waals surface area contributed by atoms with Crippen LogP contribution in [0.5, 0.6) is 5.75 Å². The van der Waals surface area contributed by atoms with Crippen LogP contribution in [-0.4, -0.2) is 46.4 Å². The predicted octanol–water partition coefficient (Wildman–Crippen LogP) is 4.11. The highest BCUT2D eigenvalue weighted by Gasteiger charge is 2.30. The van der Waals surface area contributed by atoms with Crippen molar-refractivity contribution in [3.05, 3.63) is 46.8 Å². The van der Waals surface area contributed by atoms with E-state index < -0.39 is 17.5 Å². The molecular formula is C24H26N4O6. The van der Waals surface area contributed by atoms with Crippen molar-refractivity contribution in [2.24, 2.45) is 0 Å². The molecule has 0 saturated heterocycles. The second-order valence-corrected chi connectivity index (χ2v) is 8.67. The van der Waals surface area contributed by atoms with E-state index in [-0.39, 0.29) is 12.4 Å². The molecule has 34 heavy (non-hydrogen) atoms. The first-order chi connectivity index (χ1) is 16.2. The number of aryl methyl sites for hydroxylation is 1. The Kier molecular flexibility index (Phi) is 6.23. The summed E-state index contributed by atoms with van der Waals surface area (Å²) in [4.78, 5) is 33.6. The number of hydrogen-bond donors (Lipinski definition) is 1. The highest BCUT2D eigenvalue weighted by molar-refractivity contribution is 5.91. The number of carbonyl (C=O) groups is 2. The summed E-state index contributed by atoms with van der Waals surface area (Å²) in [5, 5.41) is 7.19. The first-order valence-corrected chi connectivity index (χ1v) is 10.9. The number of fused-ring (bicyclic) bond motifs is 3. The predicted molar refractivity (Wildman–Crippen MR) is 122 cm³/mol. The summed E-state index contributed by atoms with van der Waals surface area (Å²) in [5.74, 6) is -0.151. The van der Waals surface area contributed by atoms with E-state index in [4.69, 9.17) is 18.7 Å². The Morgan fingerprint density at radius 2 is 1.94 bits per heavy atom. The molecule has 0 fully saturated rings. The molecule has 10 heteroatoms. The van der Waals surface area contributed by atoms with E-state index in [0.29, 0.717) is 52.7 Å². The number of hydrogen-bond acceptors (Lipinski definition) is 10. The fourth-order valence-corrected chi connectivity index (χ4v) is 3.58. The Hall–Kier alpha value is -3.95. The lowest BCUT2D eigenvalue weighted by molar-refractivity contribution is 0.00689. The number of aromatic nitrogens is 3. The topological polar surface area (TPSA) is 126 Å². The van der Waals surface area contributed by atoms with E-state index in [1.54, 1.807) is 31.3 Å².